The van der Waals surface area contributed by atoms with Crippen LogP contribution in [-0.2, 0) is 11.2 Å². The number of nitrogens with zero attached hydrogens (tertiary/aromatic N) is 3. The van der Waals surface area contributed by atoms with Gasteiger partial charge in [-0.3, -0.25) is 14.5 Å². The lowest BCUT2D eigenvalue weighted by atomic mass is 10.0. The molecule has 2 aromatic carbocycles. The first kappa shape index (κ1) is 26.0. The number of hydrogen-bond donors (Lipinski definition) is 3. The van der Waals surface area contributed by atoms with Gasteiger partial charge in [-0.25, -0.2) is 0 Å². The Morgan fingerprint density at radius 1 is 1.09 bits per heavy atom. The quantitative estimate of drug-likeness (QED) is 0.289. The van der Waals surface area contributed by atoms with Gasteiger partial charge < -0.3 is 20.6 Å². The number of piperazine rings is 1. The Morgan fingerprint density at radius 3 is 2.29 bits per heavy atom. The minimum Gasteiger partial charge on any atom is -0.506 e. The number of halogens is 2. The summed E-state index contributed by atoms with van der Waals surface area (Å²) in [4.78, 5) is 30.6. The van der Waals surface area contributed by atoms with Crippen LogP contribution in [0.25, 0.3) is 0 Å². The topological polar surface area (TPSA) is 109 Å². The van der Waals surface area contributed by atoms with Gasteiger partial charge in [0, 0.05) is 49.9 Å². The van der Waals surface area contributed by atoms with E-state index in [1.54, 1.807) is 24.3 Å². The lowest BCUT2D eigenvalue weighted by Gasteiger charge is -2.36. The van der Waals surface area contributed by atoms with E-state index in [0.29, 0.717) is 12.7 Å². The number of hydrogen-bond acceptors (Lipinski definition) is 6. The predicted octanol–water partition coefficient (Wildman–Crippen LogP) is 2.87. The van der Waals surface area contributed by atoms with E-state index in [9.17, 15) is 14.7 Å². The third-order valence-corrected chi connectivity index (χ3v) is 8.00. The summed E-state index contributed by atoms with van der Waals surface area (Å²) >= 11 is 4.07. The van der Waals surface area contributed by atoms with Crippen LogP contribution in [0.4, 0.5) is 5.69 Å². The van der Waals surface area contributed by atoms with E-state index in [-0.39, 0.29) is 24.6 Å². The number of benzene rings is 2. The fourth-order valence-corrected chi connectivity index (χ4v) is 6.18. The van der Waals surface area contributed by atoms with Crippen molar-refractivity contribution in [2.75, 3.05) is 37.6 Å². The molecule has 0 aromatic heterocycles. The van der Waals surface area contributed by atoms with Gasteiger partial charge in [-0.2, -0.15) is 5.26 Å². The molecule has 2 fully saturated rings. The molecule has 4 rings (SSSR count). The van der Waals surface area contributed by atoms with Crippen LogP contribution in [0, 0.1) is 18.5 Å². The maximum atomic E-state index is 13.0. The molecule has 0 radical (unpaired) electrons. The molecule has 1 heterocycles. The summed E-state index contributed by atoms with van der Waals surface area (Å²) in [5.41, 5.74) is 2.36. The number of anilines is 1. The normalized spacial score (nSPS) is 16.9. The maximum Gasteiger partial charge on any atom is 0.251 e. The average Bonchev–Trinajstić information content (AvgIpc) is 3.71. The highest BCUT2D eigenvalue weighted by molar-refractivity contribution is 14.1. The number of nitriles is 1. The molecule has 1 unspecified atom stereocenters. The van der Waals surface area contributed by atoms with E-state index < -0.39 is 11.9 Å². The number of aromatic hydroxyl groups is 1. The second kappa shape index (κ2) is 11.7. The van der Waals surface area contributed by atoms with Crippen molar-refractivity contribution in [2.45, 2.75) is 31.3 Å². The Labute approximate surface area is 232 Å². The Bertz CT molecular complexity index is 1100. The van der Waals surface area contributed by atoms with Crippen molar-refractivity contribution in [3.63, 3.8) is 0 Å². The molecule has 1 atom stereocenters. The van der Waals surface area contributed by atoms with E-state index in [2.05, 4.69) is 20.4 Å². The van der Waals surface area contributed by atoms with Gasteiger partial charge in [0.15, 0.2) is 0 Å². The first-order valence-electron chi connectivity index (χ1n) is 11.6. The molecule has 10 heteroatoms. The molecule has 1 saturated heterocycles. The summed E-state index contributed by atoms with van der Waals surface area (Å²) in [6, 6.07) is 12.9. The Morgan fingerprint density at radius 2 is 1.71 bits per heavy atom. The summed E-state index contributed by atoms with van der Waals surface area (Å²) < 4.78 is 1.33. The van der Waals surface area contributed by atoms with Crippen molar-refractivity contribution in [2.24, 2.45) is 0 Å². The molecular formula is C25H27I2N5O3. The summed E-state index contributed by atoms with van der Waals surface area (Å²) in [5.74, 6) is -0.586. The van der Waals surface area contributed by atoms with Crippen molar-refractivity contribution < 1.29 is 14.7 Å². The zero-order valence-corrected chi connectivity index (χ0v) is 23.5. The largest absolute Gasteiger partial charge is 0.506 e. The molecule has 1 saturated carbocycles. The molecule has 2 aliphatic rings. The molecule has 3 N–H and O–H groups in total. The van der Waals surface area contributed by atoms with Gasteiger partial charge in [0.2, 0.25) is 5.91 Å². The minimum atomic E-state index is -0.859. The summed E-state index contributed by atoms with van der Waals surface area (Å²) in [5, 5.41) is 24.2. The van der Waals surface area contributed by atoms with Crippen molar-refractivity contribution in [1.82, 2.24) is 15.5 Å². The highest BCUT2D eigenvalue weighted by Gasteiger charge is 2.31. The summed E-state index contributed by atoms with van der Waals surface area (Å²) in [6.07, 6.45) is 2.88. The molecule has 2 aromatic rings. The van der Waals surface area contributed by atoms with E-state index in [4.69, 9.17) is 5.26 Å². The monoisotopic (exact) mass is 699 g/mol. The van der Waals surface area contributed by atoms with Gasteiger partial charge in [-0.15, -0.1) is 0 Å². The molecule has 8 nitrogen and oxygen atoms in total. The molecular weight excluding hydrogens is 672 g/mol. The van der Waals surface area contributed by atoms with Crippen molar-refractivity contribution in [1.29, 1.82) is 5.26 Å². The van der Waals surface area contributed by atoms with E-state index in [1.165, 1.54) is 12.8 Å². The highest BCUT2D eigenvalue weighted by Crippen LogP contribution is 2.29. The number of carbonyl (C=O) groups is 2. The van der Waals surface area contributed by atoms with Crippen molar-refractivity contribution >= 4 is 62.7 Å². The molecule has 184 valence electrons. The van der Waals surface area contributed by atoms with Crippen LogP contribution in [0.15, 0.2) is 36.4 Å². The first-order chi connectivity index (χ1) is 16.9. The van der Waals surface area contributed by atoms with Gasteiger partial charge in [0.1, 0.15) is 18.3 Å². The molecule has 1 aliphatic carbocycles. The van der Waals surface area contributed by atoms with E-state index in [1.807, 2.05) is 63.4 Å². The van der Waals surface area contributed by atoms with Crippen LogP contribution in [0.1, 0.15) is 28.8 Å². The molecule has 0 bridgehead atoms. The van der Waals surface area contributed by atoms with Crippen LogP contribution >= 0.6 is 45.2 Å². The Hall–Kier alpha value is -2.11. The second-order valence-corrected chi connectivity index (χ2v) is 11.1. The van der Waals surface area contributed by atoms with Crippen LogP contribution in [0.3, 0.4) is 0 Å². The van der Waals surface area contributed by atoms with Crippen molar-refractivity contribution in [3.8, 4) is 11.8 Å². The fraction of sp³-hybridized carbons (Fsp3) is 0.400. The average molecular weight is 699 g/mol. The van der Waals surface area contributed by atoms with E-state index >= 15 is 0 Å². The van der Waals surface area contributed by atoms with Gasteiger partial charge in [-0.1, -0.05) is 0 Å². The molecule has 35 heavy (non-hydrogen) atoms. The standard InChI is InChI=1S/C25H27I2N5O3/c26-20-13-16(14-21(27)23(20)33)15-22(25(35)29-8-7-28)30-24(34)17-1-3-18(4-2-17)31-9-11-32(12-10-31)19-5-6-19/h1-4,13-14,19,22,33H,5-6,8-12,15H2,(H,29,35)(H,30,34). The lowest BCUT2D eigenvalue weighted by Crippen LogP contribution is -2.48. The van der Waals surface area contributed by atoms with Crippen LogP contribution < -0.4 is 15.5 Å². The number of rotatable bonds is 8. The lowest BCUT2D eigenvalue weighted by molar-refractivity contribution is -0.122. The minimum absolute atomic E-state index is 0.140. The van der Waals surface area contributed by atoms with Gasteiger partial charge in [-0.05, 0) is 100.0 Å². The number of phenolic OH excluding ortho intramolecular Hbond substituents is 1. The van der Waals surface area contributed by atoms with E-state index in [0.717, 1.165) is 43.5 Å². The molecule has 1 aliphatic heterocycles. The highest BCUT2D eigenvalue weighted by atomic mass is 127. The van der Waals surface area contributed by atoms with Crippen LogP contribution in [-0.4, -0.2) is 66.6 Å². The first-order valence-corrected chi connectivity index (χ1v) is 13.7. The zero-order valence-electron chi connectivity index (χ0n) is 19.1. The maximum absolute atomic E-state index is 13.0. The van der Waals surface area contributed by atoms with Gasteiger partial charge in [0.25, 0.3) is 5.91 Å². The predicted molar refractivity (Wildman–Crippen MR) is 150 cm³/mol. The summed E-state index contributed by atoms with van der Waals surface area (Å²) in [6.45, 7) is 3.96. The third-order valence-electron chi connectivity index (χ3n) is 6.35. The van der Waals surface area contributed by atoms with Gasteiger partial charge in [0.05, 0.1) is 13.2 Å². The summed E-state index contributed by atoms with van der Waals surface area (Å²) in [7, 11) is 0. The number of phenols is 1. The number of nitrogens with one attached hydrogen (secondary N) is 2. The molecule has 0 spiro atoms. The van der Waals surface area contributed by atoms with Crippen molar-refractivity contribution in [3.05, 3.63) is 54.7 Å². The third kappa shape index (κ3) is 6.77. The van der Waals surface area contributed by atoms with Crippen LogP contribution in [0.5, 0.6) is 5.75 Å². The number of carbonyl (C=O) groups excluding carboxylic acids is 2. The number of amides is 2. The van der Waals surface area contributed by atoms with Crippen LogP contribution in [0.2, 0.25) is 0 Å². The second-order valence-electron chi connectivity index (χ2n) is 8.82. The zero-order chi connectivity index (χ0) is 24.9. The Kier molecular flexibility index (Phi) is 8.72. The Balaban J connectivity index is 1.42. The molecule has 2 amide bonds. The van der Waals surface area contributed by atoms with Gasteiger partial charge >= 0.3 is 0 Å². The SMILES string of the molecule is N#CCNC(=O)C(Cc1cc(I)c(O)c(I)c1)NC(=O)c1ccc(N2CCN(C3CC3)CC2)cc1. The fourth-order valence-electron chi connectivity index (χ4n) is 4.28. The smallest absolute Gasteiger partial charge is 0.251 e.